The maximum absolute atomic E-state index is 6.21. The number of halogens is 2. The summed E-state index contributed by atoms with van der Waals surface area (Å²) in [5, 5.41) is 0.804. The van der Waals surface area contributed by atoms with Gasteiger partial charge in [0.25, 0.3) is 0 Å². The number of methoxy groups -OCH3 is 1. The molecule has 100 valence electrons. The van der Waals surface area contributed by atoms with Crippen LogP contribution < -0.4 is 4.74 Å². The molecule has 1 nitrogen and oxygen atoms in total. The van der Waals surface area contributed by atoms with Crippen molar-refractivity contribution >= 4 is 27.5 Å². The third-order valence-electron chi connectivity index (χ3n) is 3.08. The lowest BCUT2D eigenvalue weighted by molar-refractivity contribution is 0.409. The van der Waals surface area contributed by atoms with E-state index in [1.54, 1.807) is 7.11 Å². The summed E-state index contributed by atoms with van der Waals surface area (Å²) in [6.07, 6.45) is 0.833. The molecule has 0 aliphatic heterocycles. The average Bonchev–Trinajstić information content (AvgIpc) is 2.41. The number of alkyl halides is 1. The van der Waals surface area contributed by atoms with Crippen molar-refractivity contribution in [1.82, 2.24) is 0 Å². The van der Waals surface area contributed by atoms with E-state index in [9.17, 15) is 0 Å². The first-order valence-corrected chi connectivity index (χ1v) is 7.43. The molecule has 2 aromatic rings. The van der Waals surface area contributed by atoms with Gasteiger partial charge < -0.3 is 4.74 Å². The molecule has 19 heavy (non-hydrogen) atoms. The fraction of sp³-hybridized carbons (Fsp3) is 0.250. The molecule has 1 unspecified atom stereocenters. The molecule has 0 spiro atoms. The summed E-state index contributed by atoms with van der Waals surface area (Å²) in [7, 11) is 1.70. The Hall–Kier alpha value is -0.990. The second-order valence-electron chi connectivity index (χ2n) is 4.51. The van der Waals surface area contributed by atoms with Crippen molar-refractivity contribution in [2.24, 2.45) is 0 Å². The van der Waals surface area contributed by atoms with Gasteiger partial charge in [0.1, 0.15) is 5.75 Å². The molecule has 1 atom stereocenters. The molecular weight excluding hydrogens is 324 g/mol. The highest BCUT2D eigenvalue weighted by Gasteiger charge is 2.15. The molecule has 0 aliphatic rings. The predicted octanol–water partition coefficient (Wildman–Crippen LogP) is 5.34. The van der Waals surface area contributed by atoms with E-state index in [4.69, 9.17) is 16.3 Å². The summed E-state index contributed by atoms with van der Waals surface area (Å²) in [6.45, 7) is 2.08. The fourth-order valence-corrected chi connectivity index (χ4v) is 2.98. The van der Waals surface area contributed by atoms with Crippen LogP contribution in [-0.4, -0.2) is 7.11 Å². The molecule has 2 aromatic carbocycles. The van der Waals surface area contributed by atoms with E-state index in [0.29, 0.717) is 0 Å². The van der Waals surface area contributed by atoms with E-state index < -0.39 is 0 Å². The highest BCUT2D eigenvalue weighted by molar-refractivity contribution is 9.09. The zero-order valence-corrected chi connectivity index (χ0v) is 13.3. The van der Waals surface area contributed by atoms with Gasteiger partial charge in [-0.25, -0.2) is 0 Å². The first-order chi connectivity index (χ1) is 9.11. The van der Waals surface area contributed by atoms with Gasteiger partial charge in [0.05, 0.1) is 7.11 Å². The number of hydrogen-bond donors (Lipinski definition) is 0. The number of ether oxygens (including phenoxy) is 1. The largest absolute Gasteiger partial charge is 0.496 e. The maximum Gasteiger partial charge on any atom is 0.123 e. The maximum atomic E-state index is 6.21. The Bertz CT molecular complexity index is 568. The van der Waals surface area contributed by atoms with E-state index in [2.05, 4.69) is 41.1 Å². The van der Waals surface area contributed by atoms with E-state index in [1.165, 1.54) is 5.56 Å². The summed E-state index contributed by atoms with van der Waals surface area (Å²) in [5.41, 5.74) is 3.51. The van der Waals surface area contributed by atoms with Crippen molar-refractivity contribution in [2.75, 3.05) is 7.11 Å². The lowest BCUT2D eigenvalue weighted by atomic mass is 10.0. The van der Waals surface area contributed by atoms with Crippen molar-refractivity contribution in [1.29, 1.82) is 0 Å². The lowest BCUT2D eigenvalue weighted by Crippen LogP contribution is -2.00. The van der Waals surface area contributed by atoms with Crippen LogP contribution in [0.2, 0.25) is 5.02 Å². The van der Waals surface area contributed by atoms with E-state index in [1.807, 2.05) is 24.3 Å². The Balaban J connectivity index is 2.27. The van der Waals surface area contributed by atoms with Crippen LogP contribution in [0.25, 0.3) is 0 Å². The molecule has 0 aromatic heterocycles. The average molecular weight is 340 g/mol. The van der Waals surface area contributed by atoms with Crippen molar-refractivity contribution in [2.45, 2.75) is 18.2 Å². The number of rotatable bonds is 4. The second-order valence-corrected chi connectivity index (χ2v) is 6.02. The standard InChI is InChI=1S/C16H16BrClO/c1-11-7-8-16(19-2)13(9-11)14(17)10-12-5-3-4-6-15(12)18/h3-9,14H,10H2,1-2H3. The van der Waals surface area contributed by atoms with E-state index in [0.717, 1.165) is 28.3 Å². The molecule has 0 saturated carbocycles. The number of aryl methyl sites for hydroxylation is 1. The van der Waals surface area contributed by atoms with Gasteiger partial charge in [0, 0.05) is 15.4 Å². The van der Waals surface area contributed by atoms with E-state index in [-0.39, 0.29) is 4.83 Å². The quantitative estimate of drug-likeness (QED) is 0.684. The van der Waals surface area contributed by atoms with Crippen LogP contribution in [-0.2, 0) is 6.42 Å². The minimum Gasteiger partial charge on any atom is -0.496 e. The minimum absolute atomic E-state index is 0.183. The predicted molar refractivity (Wildman–Crippen MR) is 84.6 cm³/mol. The molecule has 0 aliphatic carbocycles. The Morgan fingerprint density at radius 3 is 2.63 bits per heavy atom. The first-order valence-electron chi connectivity index (χ1n) is 6.14. The molecule has 0 fully saturated rings. The topological polar surface area (TPSA) is 9.23 Å². The van der Waals surface area contributed by atoms with Gasteiger partial charge >= 0.3 is 0 Å². The van der Waals surface area contributed by atoms with Crippen LogP contribution in [0.5, 0.6) is 5.75 Å². The lowest BCUT2D eigenvalue weighted by Gasteiger charge is -2.16. The normalized spacial score (nSPS) is 12.2. The van der Waals surface area contributed by atoms with Gasteiger partial charge in [0.15, 0.2) is 0 Å². The van der Waals surface area contributed by atoms with Crippen molar-refractivity contribution in [3.05, 3.63) is 64.2 Å². The van der Waals surface area contributed by atoms with Gasteiger partial charge in [-0.05, 0) is 31.0 Å². The van der Waals surface area contributed by atoms with E-state index >= 15 is 0 Å². The summed E-state index contributed by atoms with van der Waals surface area (Å²) >= 11 is 9.95. The number of benzene rings is 2. The highest BCUT2D eigenvalue weighted by atomic mass is 79.9. The van der Waals surface area contributed by atoms with Crippen LogP contribution in [0, 0.1) is 6.92 Å². The van der Waals surface area contributed by atoms with Crippen LogP contribution in [0.3, 0.4) is 0 Å². The smallest absolute Gasteiger partial charge is 0.123 e. The highest BCUT2D eigenvalue weighted by Crippen LogP contribution is 2.35. The Morgan fingerprint density at radius 2 is 1.95 bits per heavy atom. The molecule has 2 rings (SSSR count). The minimum atomic E-state index is 0.183. The van der Waals surface area contributed by atoms with Gasteiger partial charge in [-0.3, -0.25) is 0 Å². The van der Waals surface area contributed by atoms with Gasteiger partial charge in [-0.2, -0.15) is 0 Å². The third-order valence-corrected chi connectivity index (χ3v) is 4.27. The molecule has 0 amide bonds. The van der Waals surface area contributed by atoms with Crippen LogP contribution in [0.1, 0.15) is 21.5 Å². The SMILES string of the molecule is COc1ccc(C)cc1C(Br)Cc1ccccc1Cl. The molecule has 0 radical (unpaired) electrons. The Labute approximate surface area is 127 Å². The zero-order valence-electron chi connectivity index (χ0n) is 11.0. The molecular formula is C16H16BrClO. The fourth-order valence-electron chi connectivity index (χ4n) is 2.07. The molecule has 0 saturated heterocycles. The van der Waals surface area contributed by atoms with Gasteiger partial charge in [-0.15, -0.1) is 0 Å². The summed E-state index contributed by atoms with van der Waals surface area (Å²) in [5.74, 6) is 0.902. The number of hydrogen-bond acceptors (Lipinski definition) is 1. The van der Waals surface area contributed by atoms with Gasteiger partial charge in [-0.1, -0.05) is 63.4 Å². The summed E-state index contributed by atoms with van der Waals surface area (Å²) in [6, 6.07) is 14.1. The van der Waals surface area contributed by atoms with Crippen LogP contribution in [0.4, 0.5) is 0 Å². The molecule has 0 N–H and O–H groups in total. The van der Waals surface area contributed by atoms with Crippen LogP contribution >= 0.6 is 27.5 Å². The summed E-state index contributed by atoms with van der Waals surface area (Å²) < 4.78 is 5.43. The van der Waals surface area contributed by atoms with Crippen LogP contribution in [0.15, 0.2) is 42.5 Å². The Kier molecular flexibility index (Phi) is 4.89. The van der Waals surface area contributed by atoms with Crippen molar-refractivity contribution in [3.63, 3.8) is 0 Å². The first kappa shape index (κ1) is 14.4. The zero-order chi connectivity index (χ0) is 13.8. The third kappa shape index (κ3) is 3.52. The monoisotopic (exact) mass is 338 g/mol. The molecule has 0 heterocycles. The second kappa shape index (κ2) is 6.44. The van der Waals surface area contributed by atoms with Crippen molar-refractivity contribution < 1.29 is 4.74 Å². The van der Waals surface area contributed by atoms with Crippen molar-refractivity contribution in [3.8, 4) is 5.75 Å². The van der Waals surface area contributed by atoms with Gasteiger partial charge in [0.2, 0.25) is 0 Å². The molecule has 0 bridgehead atoms. The molecule has 3 heteroatoms. The summed E-state index contributed by atoms with van der Waals surface area (Å²) in [4.78, 5) is 0.183. The Morgan fingerprint density at radius 1 is 1.21 bits per heavy atom.